The van der Waals surface area contributed by atoms with Crippen LogP contribution in [0.4, 0.5) is 0 Å². The molecule has 0 heterocycles. The predicted molar refractivity (Wildman–Crippen MR) is 303 cm³/mol. The Hall–Kier alpha value is -2.11. The Morgan fingerprint density at radius 2 is 0.514 bits per heavy atom. The molecule has 0 bridgehead atoms. The van der Waals surface area contributed by atoms with Crippen LogP contribution in [0, 0.1) is 0 Å². The van der Waals surface area contributed by atoms with Gasteiger partial charge in [0.1, 0.15) is 13.2 Å². The summed E-state index contributed by atoms with van der Waals surface area (Å²) in [7, 11) is 0. The summed E-state index contributed by atoms with van der Waals surface area (Å²) in [6, 6.07) is 0. The van der Waals surface area contributed by atoms with Crippen molar-refractivity contribution in [3.05, 3.63) is 24.3 Å². The maximum atomic E-state index is 12.8. The van der Waals surface area contributed by atoms with Crippen molar-refractivity contribution >= 4 is 17.9 Å². The Bertz CT molecular complexity index is 1130. The smallest absolute Gasteiger partial charge is 0.306 e. The zero-order chi connectivity index (χ0) is 50.7. The van der Waals surface area contributed by atoms with E-state index in [-0.39, 0.29) is 31.1 Å². The average molecular weight is 986 g/mol. The zero-order valence-electron chi connectivity index (χ0n) is 47.3. The van der Waals surface area contributed by atoms with E-state index in [9.17, 15) is 14.4 Å². The predicted octanol–water partition coefficient (Wildman–Crippen LogP) is 21.1. The van der Waals surface area contributed by atoms with E-state index in [1.807, 2.05) is 0 Å². The lowest BCUT2D eigenvalue weighted by molar-refractivity contribution is -0.167. The van der Waals surface area contributed by atoms with Crippen LogP contribution in [0.25, 0.3) is 0 Å². The van der Waals surface area contributed by atoms with Crippen LogP contribution in [0.3, 0.4) is 0 Å². The molecule has 0 fully saturated rings. The van der Waals surface area contributed by atoms with E-state index in [1.54, 1.807) is 0 Å². The molecule has 1 unspecified atom stereocenters. The van der Waals surface area contributed by atoms with E-state index < -0.39 is 6.10 Å². The van der Waals surface area contributed by atoms with Gasteiger partial charge in [0, 0.05) is 19.3 Å². The van der Waals surface area contributed by atoms with E-state index in [2.05, 4.69) is 45.1 Å². The summed E-state index contributed by atoms with van der Waals surface area (Å²) in [4.78, 5) is 37.9. The van der Waals surface area contributed by atoms with Gasteiger partial charge in [-0.3, -0.25) is 14.4 Å². The highest BCUT2D eigenvalue weighted by Crippen LogP contribution is 2.18. The summed E-state index contributed by atoms with van der Waals surface area (Å²) < 4.78 is 16.8. The highest BCUT2D eigenvalue weighted by molar-refractivity contribution is 5.71. The minimum absolute atomic E-state index is 0.0728. The minimum atomic E-state index is -0.772. The molecule has 0 aliphatic heterocycles. The molecular formula is C64H120O6. The van der Waals surface area contributed by atoms with Crippen LogP contribution in [-0.4, -0.2) is 37.2 Å². The summed E-state index contributed by atoms with van der Waals surface area (Å²) in [5, 5.41) is 0. The first-order chi connectivity index (χ1) is 34.5. The molecular weight excluding hydrogens is 865 g/mol. The van der Waals surface area contributed by atoms with Gasteiger partial charge in [-0.15, -0.1) is 0 Å². The van der Waals surface area contributed by atoms with Crippen molar-refractivity contribution in [1.82, 2.24) is 0 Å². The van der Waals surface area contributed by atoms with Crippen molar-refractivity contribution in [3.63, 3.8) is 0 Å². The number of unbranched alkanes of at least 4 members (excludes halogenated alkanes) is 43. The fraction of sp³-hybridized carbons (Fsp3) is 0.891. The largest absolute Gasteiger partial charge is 0.462 e. The highest BCUT2D eigenvalue weighted by atomic mass is 16.6. The SMILES string of the molecule is CCCCC/C=C\C/C=C\CCCCCCCC(=O)OC(COC(=O)CCCCCCCC)COC(=O)CCCCCCCCCCCCCCCCCCCCCCCCCCCCCCCCC. The van der Waals surface area contributed by atoms with Gasteiger partial charge in [-0.25, -0.2) is 0 Å². The molecule has 0 amide bonds. The third-order valence-corrected chi connectivity index (χ3v) is 14.2. The lowest BCUT2D eigenvalue weighted by Gasteiger charge is -2.18. The number of ether oxygens (including phenoxy) is 3. The summed E-state index contributed by atoms with van der Waals surface area (Å²) in [6.45, 7) is 6.59. The zero-order valence-corrected chi connectivity index (χ0v) is 47.3. The van der Waals surface area contributed by atoms with Crippen LogP contribution in [0.15, 0.2) is 24.3 Å². The minimum Gasteiger partial charge on any atom is -0.462 e. The standard InChI is InChI=1S/C64H120O6/c1-4-7-10-13-16-18-20-22-24-25-26-27-28-29-30-31-32-33-34-35-36-37-38-39-41-42-44-46-48-51-54-57-63(66)69-60-61(59-68-62(65)56-53-50-15-12-9-6-3)70-64(67)58-55-52-49-47-45-43-40-23-21-19-17-14-11-8-5-2/h17,19,23,40,61H,4-16,18,20-22,24-39,41-60H2,1-3H3/b19-17-,40-23-. The summed E-state index contributed by atoms with van der Waals surface area (Å²) in [6.07, 6.45) is 71.0. The van der Waals surface area contributed by atoms with E-state index in [0.29, 0.717) is 19.3 Å². The molecule has 6 nitrogen and oxygen atoms in total. The molecule has 0 radical (unpaired) electrons. The van der Waals surface area contributed by atoms with E-state index in [1.165, 1.54) is 231 Å². The Labute approximate surface area is 436 Å². The van der Waals surface area contributed by atoms with E-state index in [0.717, 1.165) is 77.0 Å². The monoisotopic (exact) mass is 985 g/mol. The molecule has 1 atom stereocenters. The number of allylic oxidation sites excluding steroid dienone is 4. The quantitative estimate of drug-likeness (QED) is 0.0261. The van der Waals surface area contributed by atoms with Crippen molar-refractivity contribution in [3.8, 4) is 0 Å². The third-order valence-electron chi connectivity index (χ3n) is 14.2. The molecule has 0 aliphatic rings. The normalized spacial score (nSPS) is 12.1. The molecule has 0 aromatic rings. The molecule has 70 heavy (non-hydrogen) atoms. The number of esters is 3. The van der Waals surface area contributed by atoms with Crippen molar-refractivity contribution in [2.75, 3.05) is 13.2 Å². The van der Waals surface area contributed by atoms with Crippen LogP contribution in [0.5, 0.6) is 0 Å². The fourth-order valence-corrected chi connectivity index (χ4v) is 9.48. The summed E-state index contributed by atoms with van der Waals surface area (Å²) >= 11 is 0. The molecule has 0 aromatic heterocycles. The van der Waals surface area contributed by atoms with Crippen molar-refractivity contribution < 1.29 is 28.6 Å². The lowest BCUT2D eigenvalue weighted by atomic mass is 10.0. The summed E-state index contributed by atoms with van der Waals surface area (Å²) in [5.74, 6) is -0.878. The van der Waals surface area contributed by atoms with Gasteiger partial charge in [-0.2, -0.15) is 0 Å². The fourth-order valence-electron chi connectivity index (χ4n) is 9.48. The van der Waals surface area contributed by atoms with Gasteiger partial charge in [-0.05, 0) is 51.4 Å². The van der Waals surface area contributed by atoms with Crippen molar-refractivity contribution in [1.29, 1.82) is 0 Å². The van der Waals surface area contributed by atoms with Gasteiger partial charge in [0.05, 0.1) is 0 Å². The first kappa shape index (κ1) is 67.9. The van der Waals surface area contributed by atoms with Gasteiger partial charge in [0.25, 0.3) is 0 Å². The highest BCUT2D eigenvalue weighted by Gasteiger charge is 2.19. The van der Waals surface area contributed by atoms with E-state index in [4.69, 9.17) is 14.2 Å². The molecule has 0 saturated heterocycles. The molecule has 0 aliphatic carbocycles. The van der Waals surface area contributed by atoms with Gasteiger partial charge in [0.2, 0.25) is 0 Å². The molecule has 0 N–H and O–H groups in total. The first-order valence-electron chi connectivity index (χ1n) is 31.3. The molecule has 0 saturated carbocycles. The number of hydrogen-bond acceptors (Lipinski definition) is 6. The molecule has 0 spiro atoms. The van der Waals surface area contributed by atoms with E-state index >= 15 is 0 Å². The van der Waals surface area contributed by atoms with Gasteiger partial charge < -0.3 is 14.2 Å². The number of carbonyl (C=O) groups is 3. The topological polar surface area (TPSA) is 78.9 Å². The van der Waals surface area contributed by atoms with Crippen LogP contribution < -0.4 is 0 Å². The van der Waals surface area contributed by atoms with Gasteiger partial charge in [-0.1, -0.05) is 302 Å². The van der Waals surface area contributed by atoms with Crippen LogP contribution in [0.1, 0.15) is 348 Å². The maximum absolute atomic E-state index is 12.8. The Kier molecular flexibility index (Phi) is 57.7. The van der Waals surface area contributed by atoms with Crippen LogP contribution in [-0.2, 0) is 28.6 Å². The second-order valence-corrected chi connectivity index (χ2v) is 21.3. The molecule has 0 aromatic carbocycles. The second-order valence-electron chi connectivity index (χ2n) is 21.3. The maximum Gasteiger partial charge on any atom is 0.306 e. The number of hydrogen-bond donors (Lipinski definition) is 0. The van der Waals surface area contributed by atoms with Crippen LogP contribution in [0.2, 0.25) is 0 Å². The van der Waals surface area contributed by atoms with Crippen molar-refractivity contribution in [2.24, 2.45) is 0 Å². The Morgan fingerprint density at radius 1 is 0.286 bits per heavy atom. The number of carbonyl (C=O) groups excluding carboxylic acids is 3. The molecule has 6 heteroatoms. The first-order valence-corrected chi connectivity index (χ1v) is 31.3. The van der Waals surface area contributed by atoms with Crippen molar-refractivity contribution in [2.45, 2.75) is 354 Å². The lowest BCUT2D eigenvalue weighted by Crippen LogP contribution is -2.30. The Morgan fingerprint density at radius 3 is 0.814 bits per heavy atom. The van der Waals surface area contributed by atoms with Gasteiger partial charge >= 0.3 is 17.9 Å². The third kappa shape index (κ3) is 56.8. The van der Waals surface area contributed by atoms with Gasteiger partial charge in [0.15, 0.2) is 6.10 Å². The average Bonchev–Trinajstić information content (AvgIpc) is 3.36. The van der Waals surface area contributed by atoms with Crippen LogP contribution >= 0.6 is 0 Å². The Balaban J connectivity index is 3.93. The summed E-state index contributed by atoms with van der Waals surface area (Å²) in [5.41, 5.74) is 0. The molecule has 412 valence electrons. The number of rotatable bonds is 58. The molecule has 0 rings (SSSR count). The second kappa shape index (κ2) is 59.5.